The molecule has 2 aromatic carbocycles. The molecule has 0 radical (unpaired) electrons. The molecule has 2 N–H and O–H groups in total. The summed E-state index contributed by atoms with van der Waals surface area (Å²) in [5.74, 6) is 3.12. The van der Waals surface area contributed by atoms with Crippen LogP contribution in [0.15, 0.2) is 41.4 Å². The molecule has 1 unspecified atom stereocenters. The van der Waals surface area contributed by atoms with Gasteiger partial charge in [0.25, 0.3) is 0 Å². The highest BCUT2D eigenvalue weighted by Gasteiger charge is 2.25. The molecule has 3 rings (SSSR count). The third-order valence-electron chi connectivity index (χ3n) is 5.17. The summed E-state index contributed by atoms with van der Waals surface area (Å²) >= 11 is 6.19. The first-order chi connectivity index (χ1) is 14.6. The van der Waals surface area contributed by atoms with E-state index in [1.807, 2.05) is 36.4 Å². The lowest BCUT2D eigenvalue weighted by Crippen LogP contribution is -2.44. The molecule has 1 saturated heterocycles. The molecule has 30 heavy (non-hydrogen) atoms. The van der Waals surface area contributed by atoms with E-state index in [1.54, 1.807) is 28.4 Å². The zero-order valence-electron chi connectivity index (χ0n) is 17.9. The topological polar surface area (TPSA) is 67.4 Å². The lowest BCUT2D eigenvalue weighted by Gasteiger charge is -2.22. The predicted molar refractivity (Wildman–Crippen MR) is 122 cm³/mol. The maximum absolute atomic E-state index is 6.19. The van der Waals surface area contributed by atoms with Gasteiger partial charge in [0.1, 0.15) is 17.2 Å². The van der Waals surface area contributed by atoms with Crippen LogP contribution >= 0.6 is 11.6 Å². The Balaban J connectivity index is 1.59. The van der Waals surface area contributed by atoms with Gasteiger partial charge in [-0.2, -0.15) is 0 Å². The third-order valence-corrected chi connectivity index (χ3v) is 5.41. The van der Waals surface area contributed by atoms with Gasteiger partial charge >= 0.3 is 0 Å². The molecule has 1 aliphatic heterocycles. The van der Waals surface area contributed by atoms with Gasteiger partial charge in [0.05, 0.1) is 27.0 Å². The van der Waals surface area contributed by atoms with Gasteiger partial charge in [0.15, 0.2) is 5.96 Å². The molecule has 1 fully saturated rings. The van der Waals surface area contributed by atoms with Gasteiger partial charge in [0.2, 0.25) is 0 Å². The fourth-order valence-corrected chi connectivity index (χ4v) is 3.74. The number of methoxy groups -OCH3 is 3. The minimum absolute atomic E-state index is 0.262. The fourth-order valence-electron chi connectivity index (χ4n) is 3.57. The quantitative estimate of drug-likeness (QED) is 0.517. The van der Waals surface area contributed by atoms with Crippen molar-refractivity contribution in [1.29, 1.82) is 0 Å². The molecule has 162 valence electrons. The summed E-state index contributed by atoms with van der Waals surface area (Å²) in [6, 6.07) is 11.7. The summed E-state index contributed by atoms with van der Waals surface area (Å²) in [6.07, 6.45) is 0.988. The fraction of sp³-hybridized carbons (Fsp3) is 0.409. The van der Waals surface area contributed by atoms with Gasteiger partial charge in [-0.15, -0.1) is 0 Å². The molecular weight excluding hydrogens is 404 g/mol. The Bertz CT molecular complexity index is 891. The van der Waals surface area contributed by atoms with Crippen molar-refractivity contribution >= 4 is 23.2 Å². The number of nitrogens with one attached hydrogen (secondary N) is 2. The number of hydrogen-bond acceptors (Lipinski definition) is 5. The minimum atomic E-state index is 0.262. The normalized spacial score (nSPS) is 16.4. The van der Waals surface area contributed by atoms with E-state index in [4.69, 9.17) is 25.8 Å². The van der Waals surface area contributed by atoms with Gasteiger partial charge in [-0.1, -0.05) is 11.6 Å². The molecule has 0 spiro atoms. The van der Waals surface area contributed by atoms with E-state index in [9.17, 15) is 0 Å². The van der Waals surface area contributed by atoms with Crippen molar-refractivity contribution in [1.82, 2.24) is 10.6 Å². The third kappa shape index (κ3) is 5.21. The zero-order valence-corrected chi connectivity index (χ0v) is 18.6. The molecular formula is C22H29ClN4O3. The predicted octanol–water partition coefficient (Wildman–Crippen LogP) is 3.31. The van der Waals surface area contributed by atoms with Crippen molar-refractivity contribution < 1.29 is 14.2 Å². The van der Waals surface area contributed by atoms with Crippen molar-refractivity contribution in [3.63, 3.8) is 0 Å². The van der Waals surface area contributed by atoms with E-state index in [0.717, 1.165) is 54.0 Å². The smallest absolute Gasteiger partial charge is 0.191 e. The van der Waals surface area contributed by atoms with Crippen LogP contribution < -0.4 is 29.7 Å². The number of halogens is 1. The van der Waals surface area contributed by atoms with Gasteiger partial charge in [-0.05, 0) is 36.8 Å². The summed E-state index contributed by atoms with van der Waals surface area (Å²) in [4.78, 5) is 6.65. The highest BCUT2D eigenvalue weighted by molar-refractivity contribution is 6.30. The van der Waals surface area contributed by atoms with Gasteiger partial charge < -0.3 is 29.7 Å². The standard InChI is InChI=1S/C22H29ClN4O3/c1-24-22(25-13-15-5-7-18(28-2)12-21(15)30-4)26-17-9-10-27(14-17)19-11-16(23)6-8-20(19)29-3/h5-8,11-12,17H,9-10,13-14H2,1-4H3,(H2,24,25,26). The van der Waals surface area contributed by atoms with Crippen LogP contribution in [-0.4, -0.2) is 53.5 Å². The summed E-state index contributed by atoms with van der Waals surface area (Å²) in [6.45, 7) is 2.34. The van der Waals surface area contributed by atoms with Crippen LogP contribution in [0.5, 0.6) is 17.2 Å². The average molecular weight is 433 g/mol. The molecule has 0 saturated carbocycles. The Morgan fingerprint density at radius 3 is 2.60 bits per heavy atom. The number of aliphatic imine (C=N–C) groups is 1. The van der Waals surface area contributed by atoms with Crippen molar-refractivity contribution in [3.8, 4) is 17.2 Å². The largest absolute Gasteiger partial charge is 0.497 e. The van der Waals surface area contributed by atoms with Crippen LogP contribution in [0.2, 0.25) is 5.02 Å². The lowest BCUT2D eigenvalue weighted by molar-refractivity contribution is 0.390. The molecule has 0 aliphatic carbocycles. The number of rotatable bonds is 7. The Labute approximate surface area is 183 Å². The second kappa shape index (κ2) is 10.3. The summed E-state index contributed by atoms with van der Waals surface area (Å²) in [5.41, 5.74) is 2.04. The first kappa shape index (κ1) is 21.9. The minimum Gasteiger partial charge on any atom is -0.497 e. The molecule has 0 aromatic heterocycles. The van der Waals surface area contributed by atoms with Gasteiger partial charge in [0, 0.05) is 49.4 Å². The molecule has 0 bridgehead atoms. The van der Waals surface area contributed by atoms with Crippen LogP contribution in [0.3, 0.4) is 0 Å². The average Bonchev–Trinajstić information content (AvgIpc) is 3.24. The van der Waals surface area contributed by atoms with Crippen LogP contribution in [0.1, 0.15) is 12.0 Å². The van der Waals surface area contributed by atoms with Gasteiger partial charge in [-0.25, -0.2) is 0 Å². The number of ether oxygens (including phenoxy) is 3. The first-order valence-electron chi connectivity index (χ1n) is 9.84. The molecule has 8 heteroatoms. The van der Waals surface area contributed by atoms with Crippen LogP contribution in [-0.2, 0) is 6.54 Å². The second-order valence-corrected chi connectivity index (χ2v) is 7.43. The SMILES string of the molecule is CN=C(NCc1ccc(OC)cc1OC)NC1CCN(c2cc(Cl)ccc2OC)C1. The van der Waals surface area contributed by atoms with Crippen LogP contribution in [0, 0.1) is 0 Å². The Hall–Kier alpha value is -2.80. The lowest BCUT2D eigenvalue weighted by atomic mass is 10.2. The van der Waals surface area contributed by atoms with Crippen LogP contribution in [0.4, 0.5) is 5.69 Å². The van der Waals surface area contributed by atoms with E-state index in [-0.39, 0.29) is 6.04 Å². The van der Waals surface area contributed by atoms with Crippen molar-refractivity contribution in [2.45, 2.75) is 19.0 Å². The van der Waals surface area contributed by atoms with E-state index in [1.165, 1.54) is 0 Å². The van der Waals surface area contributed by atoms with E-state index >= 15 is 0 Å². The maximum Gasteiger partial charge on any atom is 0.191 e. The molecule has 1 heterocycles. The van der Waals surface area contributed by atoms with Crippen LogP contribution in [0.25, 0.3) is 0 Å². The monoisotopic (exact) mass is 432 g/mol. The summed E-state index contributed by atoms with van der Waals surface area (Å²) < 4.78 is 16.2. The Kier molecular flexibility index (Phi) is 7.52. The highest BCUT2D eigenvalue weighted by Crippen LogP contribution is 2.33. The number of benzene rings is 2. The Morgan fingerprint density at radius 1 is 1.10 bits per heavy atom. The molecule has 1 aliphatic rings. The molecule has 1 atom stereocenters. The maximum atomic E-state index is 6.19. The highest BCUT2D eigenvalue weighted by atomic mass is 35.5. The van der Waals surface area contributed by atoms with E-state index in [0.29, 0.717) is 11.6 Å². The number of guanidine groups is 1. The molecule has 0 amide bonds. The zero-order chi connectivity index (χ0) is 21.5. The Morgan fingerprint density at radius 2 is 1.90 bits per heavy atom. The number of hydrogen-bond donors (Lipinski definition) is 2. The van der Waals surface area contributed by atoms with Crippen molar-refractivity contribution in [2.24, 2.45) is 4.99 Å². The number of anilines is 1. The van der Waals surface area contributed by atoms with Crippen molar-refractivity contribution in [3.05, 3.63) is 47.0 Å². The van der Waals surface area contributed by atoms with Gasteiger partial charge in [-0.3, -0.25) is 4.99 Å². The second-order valence-electron chi connectivity index (χ2n) is 7.00. The van der Waals surface area contributed by atoms with E-state index in [2.05, 4.69) is 20.5 Å². The first-order valence-corrected chi connectivity index (χ1v) is 10.2. The van der Waals surface area contributed by atoms with Crippen molar-refractivity contribution in [2.75, 3.05) is 46.4 Å². The summed E-state index contributed by atoms with van der Waals surface area (Å²) in [7, 11) is 6.75. The van der Waals surface area contributed by atoms with E-state index < -0.39 is 0 Å². The number of nitrogens with zero attached hydrogens (tertiary/aromatic N) is 2. The summed E-state index contributed by atoms with van der Waals surface area (Å²) in [5, 5.41) is 7.57. The molecule has 2 aromatic rings. The molecule has 7 nitrogen and oxygen atoms in total.